The molecule has 1 fully saturated rings. The topological polar surface area (TPSA) is 63.6 Å². The average molecular weight is 355 g/mol. The van der Waals surface area contributed by atoms with Gasteiger partial charge in [-0.2, -0.15) is 0 Å². The fraction of sp³-hybridized carbons (Fsp3) is 0.167. The molecule has 1 aliphatic rings. The lowest BCUT2D eigenvalue weighted by atomic mass is 10.1. The molecule has 0 bridgehead atoms. The van der Waals surface area contributed by atoms with Gasteiger partial charge in [0.1, 0.15) is 11.3 Å². The average Bonchev–Trinajstić information content (AvgIpc) is 2.97. The molecule has 2 aromatic rings. The minimum atomic E-state index is -0.483. The zero-order valence-corrected chi connectivity index (χ0v) is 14.9. The van der Waals surface area contributed by atoms with Gasteiger partial charge in [-0.3, -0.25) is 19.8 Å². The molecule has 2 amide bonds. The fourth-order valence-electron chi connectivity index (χ4n) is 2.61. The van der Waals surface area contributed by atoms with E-state index in [0.29, 0.717) is 0 Å². The van der Waals surface area contributed by atoms with Gasteiger partial charge in [0.2, 0.25) is 0 Å². The van der Waals surface area contributed by atoms with E-state index >= 15 is 0 Å². The van der Waals surface area contributed by atoms with Crippen LogP contribution in [0.15, 0.2) is 42.1 Å². The van der Waals surface area contributed by atoms with Gasteiger partial charge in [0, 0.05) is 24.6 Å². The summed E-state index contributed by atoms with van der Waals surface area (Å²) in [6.45, 7) is 1.95. The molecule has 7 heteroatoms. The van der Waals surface area contributed by atoms with Crippen molar-refractivity contribution < 1.29 is 14.3 Å². The van der Waals surface area contributed by atoms with E-state index in [4.69, 9.17) is 17.0 Å². The number of rotatable bonds is 3. The minimum Gasteiger partial charge on any atom is -0.497 e. The summed E-state index contributed by atoms with van der Waals surface area (Å²) in [5.74, 6) is -0.120. The Morgan fingerprint density at radius 3 is 2.52 bits per heavy atom. The summed E-state index contributed by atoms with van der Waals surface area (Å²) < 4.78 is 7.15. The van der Waals surface area contributed by atoms with E-state index in [9.17, 15) is 9.59 Å². The zero-order valence-electron chi connectivity index (χ0n) is 14.1. The van der Waals surface area contributed by atoms with E-state index in [-0.39, 0.29) is 10.7 Å². The quantitative estimate of drug-likeness (QED) is 0.520. The summed E-state index contributed by atoms with van der Waals surface area (Å²) in [6, 6.07) is 9.54. The molecular formula is C18H17N3O3S. The number of carbonyl (C=O) groups is 2. The van der Waals surface area contributed by atoms with Gasteiger partial charge in [-0.1, -0.05) is 0 Å². The Balaban J connectivity index is 1.95. The molecule has 1 aromatic carbocycles. The molecule has 1 aromatic heterocycles. The van der Waals surface area contributed by atoms with E-state index in [1.54, 1.807) is 13.2 Å². The van der Waals surface area contributed by atoms with Crippen molar-refractivity contribution in [1.29, 1.82) is 0 Å². The Morgan fingerprint density at radius 1 is 1.20 bits per heavy atom. The number of hydrogen-bond donors (Lipinski definition) is 1. The monoisotopic (exact) mass is 355 g/mol. The van der Waals surface area contributed by atoms with Crippen molar-refractivity contribution in [2.24, 2.45) is 0 Å². The van der Waals surface area contributed by atoms with Crippen molar-refractivity contribution in [1.82, 2.24) is 14.8 Å². The van der Waals surface area contributed by atoms with Crippen LogP contribution in [-0.2, 0) is 9.59 Å². The highest BCUT2D eigenvalue weighted by Crippen LogP contribution is 2.21. The van der Waals surface area contributed by atoms with Crippen molar-refractivity contribution >= 4 is 35.2 Å². The smallest absolute Gasteiger partial charge is 0.265 e. The minimum absolute atomic E-state index is 0.0583. The number of amides is 2. The van der Waals surface area contributed by atoms with Crippen LogP contribution in [-0.4, -0.2) is 40.6 Å². The van der Waals surface area contributed by atoms with Crippen molar-refractivity contribution in [3.63, 3.8) is 0 Å². The Morgan fingerprint density at radius 2 is 1.88 bits per heavy atom. The number of nitrogens with zero attached hydrogens (tertiary/aromatic N) is 2. The first-order valence-corrected chi connectivity index (χ1v) is 8.00. The van der Waals surface area contributed by atoms with Crippen molar-refractivity contribution in [3.05, 3.63) is 53.4 Å². The molecule has 0 spiro atoms. The predicted molar refractivity (Wildman–Crippen MR) is 98.5 cm³/mol. The Kier molecular flexibility index (Phi) is 4.41. The van der Waals surface area contributed by atoms with Crippen molar-refractivity contribution in [2.75, 3.05) is 14.2 Å². The van der Waals surface area contributed by atoms with E-state index in [0.717, 1.165) is 22.7 Å². The molecule has 128 valence electrons. The number of benzene rings is 1. The molecule has 1 aliphatic heterocycles. The van der Waals surface area contributed by atoms with Crippen LogP contribution in [0, 0.1) is 6.92 Å². The lowest BCUT2D eigenvalue weighted by Gasteiger charge is -2.24. The van der Waals surface area contributed by atoms with E-state index < -0.39 is 11.8 Å². The molecule has 0 aliphatic carbocycles. The number of ether oxygens (including phenoxy) is 1. The number of carbonyl (C=O) groups excluding carboxylic acids is 2. The van der Waals surface area contributed by atoms with E-state index in [1.165, 1.54) is 11.9 Å². The van der Waals surface area contributed by atoms with Gasteiger partial charge in [-0.25, -0.2) is 0 Å². The lowest BCUT2D eigenvalue weighted by Crippen LogP contribution is -2.52. The van der Waals surface area contributed by atoms with E-state index in [1.807, 2.05) is 48.0 Å². The van der Waals surface area contributed by atoms with Gasteiger partial charge in [0.05, 0.1) is 7.11 Å². The number of aryl methyl sites for hydroxylation is 1. The van der Waals surface area contributed by atoms with Gasteiger partial charge >= 0.3 is 0 Å². The highest BCUT2D eigenvalue weighted by atomic mass is 32.1. The molecule has 3 rings (SSSR count). The largest absolute Gasteiger partial charge is 0.497 e. The van der Waals surface area contributed by atoms with Gasteiger partial charge in [-0.05, 0) is 61.1 Å². The summed E-state index contributed by atoms with van der Waals surface area (Å²) in [5, 5.41) is 2.61. The summed E-state index contributed by atoms with van der Waals surface area (Å²) in [4.78, 5) is 25.6. The molecular weight excluding hydrogens is 338 g/mol. The zero-order chi connectivity index (χ0) is 18.1. The van der Waals surface area contributed by atoms with Crippen molar-refractivity contribution in [3.8, 4) is 11.4 Å². The number of nitrogens with one attached hydrogen (secondary N) is 1. The molecule has 1 N–H and O–H groups in total. The maximum absolute atomic E-state index is 12.3. The number of methoxy groups -OCH3 is 1. The summed E-state index contributed by atoms with van der Waals surface area (Å²) >= 11 is 4.94. The second-order valence-corrected chi connectivity index (χ2v) is 6.05. The molecule has 0 atom stereocenters. The van der Waals surface area contributed by atoms with Crippen LogP contribution >= 0.6 is 12.2 Å². The Bertz CT molecular complexity index is 897. The van der Waals surface area contributed by atoms with E-state index in [2.05, 4.69) is 5.32 Å². The molecule has 25 heavy (non-hydrogen) atoms. The number of aromatic nitrogens is 1. The molecule has 6 nitrogen and oxygen atoms in total. The van der Waals surface area contributed by atoms with Gasteiger partial charge < -0.3 is 9.30 Å². The predicted octanol–water partition coefficient (Wildman–Crippen LogP) is 2.05. The third kappa shape index (κ3) is 3.18. The second kappa shape index (κ2) is 6.52. The maximum Gasteiger partial charge on any atom is 0.265 e. The number of thiocarbonyl (C=S) groups is 1. The van der Waals surface area contributed by atoms with Crippen LogP contribution < -0.4 is 10.1 Å². The summed E-state index contributed by atoms with van der Waals surface area (Å²) in [6.07, 6.45) is 3.45. The summed E-state index contributed by atoms with van der Waals surface area (Å²) in [7, 11) is 3.15. The third-order valence-corrected chi connectivity index (χ3v) is 4.38. The molecule has 1 saturated heterocycles. The normalized spacial score (nSPS) is 16.4. The molecule has 2 heterocycles. The van der Waals surface area contributed by atoms with Gasteiger partial charge in [0.25, 0.3) is 11.8 Å². The van der Waals surface area contributed by atoms with Crippen molar-refractivity contribution in [2.45, 2.75) is 6.92 Å². The first-order chi connectivity index (χ1) is 11.9. The first kappa shape index (κ1) is 16.9. The van der Waals surface area contributed by atoms with Crippen LogP contribution in [0.25, 0.3) is 11.8 Å². The van der Waals surface area contributed by atoms with Crippen LogP contribution in [0.5, 0.6) is 5.75 Å². The van der Waals surface area contributed by atoms with Crippen LogP contribution in [0.2, 0.25) is 0 Å². The number of hydrogen-bond acceptors (Lipinski definition) is 4. The van der Waals surface area contributed by atoms with Gasteiger partial charge in [0.15, 0.2) is 5.11 Å². The standard InChI is InChI=1S/C18H17N3O3S/c1-11-8-12(9-15-16(22)19-18(25)20(2)17(15)23)10-21(11)13-4-6-14(24-3)7-5-13/h4-10H,1-3H3,(H,19,22,25)/b15-9-. The third-order valence-electron chi connectivity index (χ3n) is 4.00. The molecule has 0 saturated carbocycles. The van der Waals surface area contributed by atoms with Crippen LogP contribution in [0.1, 0.15) is 11.3 Å². The second-order valence-electron chi connectivity index (χ2n) is 5.66. The highest BCUT2D eigenvalue weighted by Gasteiger charge is 2.30. The fourth-order valence-corrected chi connectivity index (χ4v) is 2.79. The number of likely N-dealkylation sites (N-methyl/N-ethyl adjacent to an activating group) is 1. The molecule has 0 unspecified atom stereocenters. The molecule has 0 radical (unpaired) electrons. The first-order valence-electron chi connectivity index (χ1n) is 7.59. The van der Waals surface area contributed by atoms with Gasteiger partial charge in [-0.15, -0.1) is 0 Å². The van der Waals surface area contributed by atoms with Crippen LogP contribution in [0.3, 0.4) is 0 Å². The highest BCUT2D eigenvalue weighted by molar-refractivity contribution is 7.80. The Hall–Kier alpha value is -2.93. The lowest BCUT2D eigenvalue weighted by molar-refractivity contribution is -0.128. The Labute approximate surface area is 150 Å². The SMILES string of the molecule is COc1ccc(-n2cc(/C=C3/C(=O)NC(=S)N(C)C3=O)cc2C)cc1. The maximum atomic E-state index is 12.3. The summed E-state index contributed by atoms with van der Waals surface area (Å²) in [5.41, 5.74) is 2.75. The van der Waals surface area contributed by atoms with Crippen LogP contribution in [0.4, 0.5) is 0 Å².